The van der Waals surface area contributed by atoms with Gasteiger partial charge in [-0.15, -0.1) is 0 Å². The van der Waals surface area contributed by atoms with Gasteiger partial charge in [0.1, 0.15) is 17.6 Å². The number of carbonyl (C=O) groups excluding carboxylic acids is 2. The van der Waals surface area contributed by atoms with E-state index < -0.39 is 0 Å². The molecule has 40 heavy (non-hydrogen) atoms. The molecule has 1 aliphatic heterocycles. The van der Waals surface area contributed by atoms with E-state index in [2.05, 4.69) is 43.8 Å². The molecule has 8 heteroatoms. The number of amidine groups is 1. The zero-order chi connectivity index (χ0) is 28.1. The molecule has 3 heterocycles. The summed E-state index contributed by atoms with van der Waals surface area (Å²) in [5.74, 6) is 1.73. The third-order valence-electron chi connectivity index (χ3n) is 7.63. The van der Waals surface area contributed by atoms with Crippen LogP contribution >= 0.6 is 0 Å². The summed E-state index contributed by atoms with van der Waals surface area (Å²) in [6.45, 7) is 3.89. The van der Waals surface area contributed by atoms with Crippen LogP contribution in [0.5, 0.6) is 5.75 Å². The molecule has 1 atom stereocenters. The van der Waals surface area contributed by atoms with Gasteiger partial charge in [0.2, 0.25) is 5.91 Å². The number of aromatic nitrogens is 2. The van der Waals surface area contributed by atoms with Crippen LogP contribution in [-0.2, 0) is 16.0 Å². The Labute approximate surface area is 234 Å². The van der Waals surface area contributed by atoms with Crippen molar-refractivity contribution in [2.45, 2.75) is 64.8 Å². The van der Waals surface area contributed by atoms with Crippen molar-refractivity contribution in [2.24, 2.45) is 0 Å². The van der Waals surface area contributed by atoms with Gasteiger partial charge in [0.05, 0.1) is 13.5 Å². The third kappa shape index (κ3) is 6.11. The van der Waals surface area contributed by atoms with Gasteiger partial charge in [0.15, 0.2) is 11.9 Å². The van der Waals surface area contributed by atoms with Gasteiger partial charge in [-0.1, -0.05) is 19.8 Å². The first kappa shape index (κ1) is 27.2. The number of hydrogen-bond acceptors (Lipinski definition) is 5. The summed E-state index contributed by atoms with van der Waals surface area (Å²) in [5.41, 5.74) is 5.94. The lowest BCUT2D eigenvalue weighted by molar-refractivity contribution is -0.121. The average Bonchev–Trinajstić information content (AvgIpc) is 3.70. The van der Waals surface area contributed by atoms with Crippen LogP contribution in [0.4, 0.5) is 0 Å². The molecule has 0 fully saturated rings. The van der Waals surface area contributed by atoms with Gasteiger partial charge in [0.25, 0.3) is 0 Å². The van der Waals surface area contributed by atoms with Crippen LogP contribution in [0.2, 0.25) is 0 Å². The fraction of sp³-hybridized carbons (Fsp3) is 0.344. The Bertz CT molecular complexity index is 1590. The van der Waals surface area contributed by atoms with E-state index in [1.54, 1.807) is 7.11 Å². The molecule has 207 valence electrons. The number of hydrogen-bond donors (Lipinski definition) is 4. The maximum Gasteiger partial charge on any atom is 0.319 e. The van der Waals surface area contributed by atoms with E-state index in [-0.39, 0.29) is 18.4 Å². The first-order valence-electron chi connectivity index (χ1n) is 14.0. The number of nitrogens with zero attached hydrogens (tertiary/aromatic N) is 1. The molecule has 1 aliphatic rings. The fourth-order valence-electron chi connectivity index (χ4n) is 5.30. The van der Waals surface area contributed by atoms with E-state index in [0.717, 1.165) is 81.6 Å². The van der Waals surface area contributed by atoms with Crippen molar-refractivity contribution in [3.63, 3.8) is 0 Å². The lowest BCUT2D eigenvalue weighted by atomic mass is 10.0. The molecule has 1 unspecified atom stereocenters. The summed E-state index contributed by atoms with van der Waals surface area (Å²) in [5, 5.41) is 8.83. The highest BCUT2D eigenvalue weighted by atomic mass is 16.5. The van der Waals surface area contributed by atoms with Crippen molar-refractivity contribution in [1.29, 1.82) is 0 Å². The minimum Gasteiger partial charge on any atom is -0.497 e. The summed E-state index contributed by atoms with van der Waals surface area (Å²) in [4.78, 5) is 36.4. The van der Waals surface area contributed by atoms with Gasteiger partial charge in [-0.2, -0.15) is 0 Å². The number of aliphatic imine (C=N–C) groups is 1. The van der Waals surface area contributed by atoms with Crippen LogP contribution in [0.3, 0.4) is 0 Å². The number of unbranched alkanes of at least 4 members (excludes halogenated alkanes) is 2. The summed E-state index contributed by atoms with van der Waals surface area (Å²) in [6.07, 6.45) is 8.62. The summed E-state index contributed by atoms with van der Waals surface area (Å²) < 4.78 is 5.41. The van der Waals surface area contributed by atoms with Crippen LogP contribution in [0, 0.1) is 6.92 Å². The van der Waals surface area contributed by atoms with Crippen LogP contribution in [0.1, 0.15) is 62.3 Å². The molecule has 0 saturated carbocycles. The lowest BCUT2D eigenvalue weighted by Gasteiger charge is -2.16. The predicted molar refractivity (Wildman–Crippen MR) is 160 cm³/mol. The number of methoxy groups -OCH3 is 1. The van der Waals surface area contributed by atoms with E-state index >= 15 is 0 Å². The maximum atomic E-state index is 13.4. The highest BCUT2D eigenvalue weighted by Gasteiger charge is 2.31. The molecule has 5 rings (SSSR count). The third-order valence-corrected chi connectivity index (χ3v) is 7.63. The molecule has 8 nitrogen and oxygen atoms in total. The fourth-order valence-corrected chi connectivity index (χ4v) is 5.30. The average molecular weight is 540 g/mol. The first-order valence-corrected chi connectivity index (χ1v) is 14.0. The lowest BCUT2D eigenvalue weighted by Crippen LogP contribution is -2.47. The van der Waals surface area contributed by atoms with Gasteiger partial charge >= 0.3 is 5.84 Å². The Balaban J connectivity index is 1.28. The van der Waals surface area contributed by atoms with Gasteiger partial charge in [0, 0.05) is 52.1 Å². The second-order valence-corrected chi connectivity index (χ2v) is 10.4. The SMILES string of the molecule is CCC(=O)CCCCCC(NC(=O)Cc1c(C)[nH]c2ccc(OC)cc12)C1=[N+]C=C(c2ccc3[nH]ccc3c2)N1. The normalized spacial score (nSPS) is 13.7. The topological polar surface area (TPSA) is 113 Å². The first-order chi connectivity index (χ1) is 19.4. The van der Waals surface area contributed by atoms with Crippen LogP contribution in [-0.4, -0.2) is 40.6 Å². The zero-order valence-electron chi connectivity index (χ0n) is 23.4. The number of amides is 1. The number of carbonyl (C=O) groups is 2. The molecule has 0 aliphatic carbocycles. The van der Waals surface area contributed by atoms with Crippen LogP contribution in [0.15, 0.2) is 54.9 Å². The molecule has 1 radical (unpaired) electrons. The van der Waals surface area contributed by atoms with E-state index in [1.165, 1.54) is 0 Å². The van der Waals surface area contributed by atoms with Crippen LogP contribution in [0.25, 0.3) is 27.5 Å². The Hall–Kier alpha value is -4.33. The number of nitrogens with one attached hydrogen (secondary N) is 4. The molecular formula is C32H37N5O3+. The molecule has 0 bridgehead atoms. The van der Waals surface area contributed by atoms with E-state index in [4.69, 9.17) is 4.74 Å². The number of fused-ring (bicyclic) bond motifs is 2. The summed E-state index contributed by atoms with van der Waals surface area (Å²) in [7, 11) is 1.64. The smallest absolute Gasteiger partial charge is 0.319 e. The number of ether oxygens (including phenoxy) is 1. The monoisotopic (exact) mass is 539 g/mol. The zero-order valence-corrected chi connectivity index (χ0v) is 23.4. The highest BCUT2D eigenvalue weighted by Crippen LogP contribution is 2.27. The highest BCUT2D eigenvalue weighted by molar-refractivity contribution is 6.00. The molecule has 0 spiro atoms. The molecule has 4 N–H and O–H groups in total. The Morgan fingerprint density at radius 2 is 1.90 bits per heavy atom. The number of benzene rings is 2. The van der Waals surface area contributed by atoms with E-state index in [0.29, 0.717) is 18.6 Å². The molecule has 4 aromatic rings. The molecule has 1 amide bonds. The van der Waals surface area contributed by atoms with E-state index in [1.807, 2.05) is 50.5 Å². The second-order valence-electron chi connectivity index (χ2n) is 10.4. The quantitative estimate of drug-likeness (QED) is 0.174. The van der Waals surface area contributed by atoms with Crippen molar-refractivity contribution in [1.82, 2.24) is 25.6 Å². The Morgan fingerprint density at radius 1 is 1.05 bits per heavy atom. The summed E-state index contributed by atoms with van der Waals surface area (Å²) in [6, 6.07) is 13.9. The van der Waals surface area contributed by atoms with Crippen molar-refractivity contribution < 1.29 is 14.3 Å². The van der Waals surface area contributed by atoms with Gasteiger partial charge in [-0.25, -0.2) is 5.32 Å². The minimum atomic E-state index is -0.265. The molecule has 2 aromatic carbocycles. The second kappa shape index (κ2) is 12.2. The van der Waals surface area contributed by atoms with Crippen LogP contribution < -0.4 is 20.4 Å². The van der Waals surface area contributed by atoms with Crippen molar-refractivity contribution in [3.05, 3.63) is 71.7 Å². The Morgan fingerprint density at radius 3 is 2.73 bits per heavy atom. The van der Waals surface area contributed by atoms with Crippen molar-refractivity contribution in [3.8, 4) is 5.75 Å². The van der Waals surface area contributed by atoms with Gasteiger partial charge in [-0.3, -0.25) is 9.59 Å². The molecular weight excluding hydrogens is 502 g/mol. The number of H-pyrrole nitrogens is 2. The number of aromatic amines is 2. The number of Topliss-reactive ketones (excluding diaryl/α,β-unsaturated/α-hetero) is 1. The van der Waals surface area contributed by atoms with Crippen molar-refractivity contribution in [2.75, 3.05) is 7.11 Å². The largest absolute Gasteiger partial charge is 0.497 e. The number of aryl methyl sites for hydroxylation is 1. The molecule has 0 saturated heterocycles. The van der Waals surface area contributed by atoms with Gasteiger partial charge in [-0.05, 0) is 72.8 Å². The standard InChI is InChI=1S/C32H37N5O3/c1-4-23(38)8-6-5-7-9-29(32-34-19-30(37-32)21-10-12-27-22(16-21)14-15-33-27)36-31(39)18-25-20(2)35-28-13-11-24(40-3)17-26(25)28/h10-17,19,29,33,35,37H,4-9,18H2,1-3H3,(H,36,39)/q+1. The Kier molecular flexibility index (Phi) is 8.34. The number of rotatable bonds is 13. The van der Waals surface area contributed by atoms with Gasteiger partial charge < -0.3 is 20.0 Å². The maximum absolute atomic E-state index is 13.4. The molecule has 2 aromatic heterocycles. The number of ketones is 1. The van der Waals surface area contributed by atoms with Crippen molar-refractivity contribution >= 4 is 45.0 Å². The predicted octanol–water partition coefficient (Wildman–Crippen LogP) is 5.26. The minimum absolute atomic E-state index is 0.0651. The van der Waals surface area contributed by atoms with E-state index in [9.17, 15) is 9.59 Å². The summed E-state index contributed by atoms with van der Waals surface area (Å²) >= 11 is 0.